The maximum absolute atomic E-state index is 12.8. The van der Waals surface area contributed by atoms with Crippen LogP contribution in [0.1, 0.15) is 10.4 Å². The molecule has 3 N–H and O–H groups in total. The number of halogens is 1. The molecule has 0 bridgehead atoms. The van der Waals surface area contributed by atoms with Crippen molar-refractivity contribution >= 4 is 28.8 Å². The lowest BCUT2D eigenvalue weighted by atomic mass is 10.2. The summed E-state index contributed by atoms with van der Waals surface area (Å²) in [5.74, 6) is -0.980. The molecule has 0 fully saturated rings. The molecule has 3 aromatic rings. The lowest BCUT2D eigenvalue weighted by Crippen LogP contribution is -2.14. The molecule has 21 heavy (non-hydrogen) atoms. The average molecular weight is 304 g/mol. The van der Waals surface area contributed by atoms with Crippen LogP contribution in [0.15, 0.2) is 40.4 Å². The topological polar surface area (TPSA) is 94.0 Å². The minimum atomic E-state index is -0.495. The summed E-state index contributed by atoms with van der Waals surface area (Å²) in [6.07, 6.45) is 1.59. The summed E-state index contributed by atoms with van der Waals surface area (Å²) >= 11 is 1.31. The molecular weight excluding hydrogens is 295 g/mol. The second-order valence-electron chi connectivity index (χ2n) is 4.07. The minimum absolute atomic E-state index is 0.0974. The smallest absolute Gasteiger partial charge is 0.263 e. The number of nitrogens with two attached hydrogens (primary N) is 1. The van der Waals surface area contributed by atoms with Gasteiger partial charge in [-0.05, 0) is 24.3 Å². The lowest BCUT2D eigenvalue weighted by molar-refractivity contribution is 0.102. The number of thiazole rings is 1. The molecule has 0 saturated heterocycles. The maximum atomic E-state index is 12.8. The van der Waals surface area contributed by atoms with E-state index in [2.05, 4.69) is 15.5 Å². The van der Waals surface area contributed by atoms with Crippen LogP contribution in [0, 0.1) is 5.82 Å². The Morgan fingerprint density at radius 1 is 1.33 bits per heavy atom. The molecule has 0 aliphatic carbocycles. The number of nitrogens with zero attached hydrogens (tertiary/aromatic N) is 2. The SMILES string of the molecule is Nc1onc(-c2nccs2)c1C(=O)Nc1ccc(F)cc1. The quantitative estimate of drug-likeness (QED) is 0.776. The first-order valence-electron chi connectivity index (χ1n) is 5.87. The number of benzene rings is 1. The highest BCUT2D eigenvalue weighted by atomic mass is 32.1. The maximum Gasteiger partial charge on any atom is 0.263 e. The third-order valence-corrected chi connectivity index (χ3v) is 3.46. The van der Waals surface area contributed by atoms with Crippen LogP contribution in [-0.4, -0.2) is 16.0 Å². The predicted molar refractivity (Wildman–Crippen MR) is 76.4 cm³/mol. The molecule has 0 unspecified atom stereocenters. The second kappa shape index (κ2) is 5.33. The van der Waals surface area contributed by atoms with Gasteiger partial charge in [-0.3, -0.25) is 4.79 Å². The van der Waals surface area contributed by atoms with Crippen LogP contribution in [0.25, 0.3) is 10.7 Å². The van der Waals surface area contributed by atoms with E-state index in [0.717, 1.165) is 0 Å². The van der Waals surface area contributed by atoms with Crippen molar-refractivity contribution in [1.29, 1.82) is 0 Å². The van der Waals surface area contributed by atoms with E-state index in [1.807, 2.05) is 0 Å². The van der Waals surface area contributed by atoms with Crippen molar-refractivity contribution in [3.8, 4) is 10.7 Å². The van der Waals surface area contributed by atoms with Crippen molar-refractivity contribution in [3.05, 3.63) is 47.2 Å². The third kappa shape index (κ3) is 2.61. The van der Waals surface area contributed by atoms with Gasteiger partial charge in [0.25, 0.3) is 5.91 Å². The number of hydrogen-bond acceptors (Lipinski definition) is 6. The number of carbonyl (C=O) groups is 1. The number of carbonyl (C=O) groups excluding carboxylic acids is 1. The molecule has 0 atom stereocenters. The van der Waals surface area contributed by atoms with Crippen LogP contribution < -0.4 is 11.1 Å². The molecule has 0 aliphatic heterocycles. The van der Waals surface area contributed by atoms with Gasteiger partial charge in [-0.2, -0.15) is 0 Å². The van der Waals surface area contributed by atoms with Gasteiger partial charge in [0.15, 0.2) is 5.69 Å². The average Bonchev–Trinajstić information content (AvgIpc) is 3.10. The van der Waals surface area contributed by atoms with Gasteiger partial charge in [-0.25, -0.2) is 9.37 Å². The Kier molecular flexibility index (Phi) is 3.36. The summed E-state index contributed by atoms with van der Waals surface area (Å²) in [6, 6.07) is 5.38. The van der Waals surface area contributed by atoms with Crippen molar-refractivity contribution in [3.63, 3.8) is 0 Å². The van der Waals surface area contributed by atoms with Crippen molar-refractivity contribution < 1.29 is 13.7 Å². The Hall–Kier alpha value is -2.74. The Morgan fingerprint density at radius 3 is 2.76 bits per heavy atom. The first-order valence-corrected chi connectivity index (χ1v) is 6.75. The predicted octanol–water partition coefficient (Wildman–Crippen LogP) is 2.77. The van der Waals surface area contributed by atoms with Crippen LogP contribution in [0.5, 0.6) is 0 Å². The highest BCUT2D eigenvalue weighted by molar-refractivity contribution is 7.13. The molecule has 6 nitrogen and oxygen atoms in total. The normalized spacial score (nSPS) is 10.5. The molecule has 0 aliphatic rings. The van der Waals surface area contributed by atoms with Crippen LogP contribution >= 0.6 is 11.3 Å². The fourth-order valence-corrected chi connectivity index (χ4v) is 2.36. The van der Waals surface area contributed by atoms with Gasteiger partial charge in [0.1, 0.15) is 16.4 Å². The van der Waals surface area contributed by atoms with E-state index in [-0.39, 0.29) is 23.0 Å². The molecule has 8 heteroatoms. The fourth-order valence-electron chi connectivity index (χ4n) is 1.74. The number of anilines is 2. The van der Waals surface area contributed by atoms with Crippen LogP contribution in [-0.2, 0) is 0 Å². The van der Waals surface area contributed by atoms with Crippen LogP contribution in [0.2, 0.25) is 0 Å². The van der Waals surface area contributed by atoms with Gasteiger partial charge < -0.3 is 15.6 Å². The lowest BCUT2D eigenvalue weighted by Gasteiger charge is -2.04. The molecule has 2 aromatic heterocycles. The van der Waals surface area contributed by atoms with Gasteiger partial charge in [-0.1, -0.05) is 5.16 Å². The van der Waals surface area contributed by atoms with Gasteiger partial charge in [0.05, 0.1) is 0 Å². The first kappa shape index (κ1) is 13.3. The summed E-state index contributed by atoms with van der Waals surface area (Å²) in [5, 5.41) is 8.65. The molecule has 0 spiro atoms. The van der Waals surface area contributed by atoms with Crippen molar-refractivity contribution in [2.75, 3.05) is 11.1 Å². The summed E-state index contributed by atoms with van der Waals surface area (Å²) in [6.45, 7) is 0. The Labute approximate surface area is 122 Å². The summed E-state index contributed by atoms with van der Waals surface area (Å²) < 4.78 is 17.7. The Morgan fingerprint density at radius 2 is 2.10 bits per heavy atom. The molecule has 0 radical (unpaired) electrons. The van der Waals surface area contributed by atoms with Crippen LogP contribution in [0.3, 0.4) is 0 Å². The van der Waals surface area contributed by atoms with E-state index in [0.29, 0.717) is 10.7 Å². The molecular formula is C13H9FN4O2S. The number of hydrogen-bond donors (Lipinski definition) is 2. The molecule has 1 aromatic carbocycles. The first-order chi connectivity index (χ1) is 10.1. The zero-order valence-electron chi connectivity index (χ0n) is 10.5. The number of amides is 1. The largest absolute Gasteiger partial charge is 0.367 e. The molecule has 106 valence electrons. The zero-order valence-corrected chi connectivity index (χ0v) is 11.4. The molecule has 2 heterocycles. The summed E-state index contributed by atoms with van der Waals surface area (Å²) in [7, 11) is 0. The fraction of sp³-hybridized carbons (Fsp3) is 0. The third-order valence-electron chi connectivity index (χ3n) is 2.68. The monoisotopic (exact) mass is 304 g/mol. The van der Waals surface area contributed by atoms with E-state index in [4.69, 9.17) is 10.3 Å². The highest BCUT2D eigenvalue weighted by Crippen LogP contribution is 2.29. The van der Waals surface area contributed by atoms with Gasteiger partial charge in [-0.15, -0.1) is 11.3 Å². The molecule has 0 saturated carbocycles. The van der Waals surface area contributed by atoms with E-state index in [1.54, 1.807) is 11.6 Å². The van der Waals surface area contributed by atoms with Crippen molar-refractivity contribution in [1.82, 2.24) is 10.1 Å². The Bertz CT molecular complexity index is 768. The number of nitrogen functional groups attached to an aromatic ring is 1. The summed E-state index contributed by atoms with van der Waals surface area (Å²) in [4.78, 5) is 16.4. The number of nitrogens with one attached hydrogen (secondary N) is 1. The van der Waals surface area contributed by atoms with Gasteiger partial charge in [0.2, 0.25) is 5.88 Å². The van der Waals surface area contributed by atoms with Gasteiger partial charge >= 0.3 is 0 Å². The van der Waals surface area contributed by atoms with Crippen molar-refractivity contribution in [2.45, 2.75) is 0 Å². The van der Waals surface area contributed by atoms with Gasteiger partial charge in [0, 0.05) is 17.3 Å². The standard InChI is InChI=1S/C13H9FN4O2S/c14-7-1-3-8(4-2-7)17-12(19)9-10(18-20-11(9)15)13-16-5-6-21-13/h1-6H,15H2,(H,17,19). The molecule has 3 rings (SSSR count). The minimum Gasteiger partial charge on any atom is -0.367 e. The number of rotatable bonds is 3. The van der Waals surface area contributed by atoms with E-state index < -0.39 is 5.91 Å². The zero-order chi connectivity index (χ0) is 14.8. The second-order valence-corrected chi connectivity index (χ2v) is 4.96. The highest BCUT2D eigenvalue weighted by Gasteiger charge is 2.24. The Balaban J connectivity index is 1.91. The summed E-state index contributed by atoms with van der Waals surface area (Å²) in [5.41, 5.74) is 6.48. The van der Waals surface area contributed by atoms with Crippen LogP contribution in [0.4, 0.5) is 16.0 Å². The van der Waals surface area contributed by atoms with E-state index in [1.165, 1.54) is 35.6 Å². The van der Waals surface area contributed by atoms with Crippen molar-refractivity contribution in [2.24, 2.45) is 0 Å². The van der Waals surface area contributed by atoms with E-state index in [9.17, 15) is 9.18 Å². The number of aromatic nitrogens is 2. The molecule has 1 amide bonds. The van der Waals surface area contributed by atoms with E-state index >= 15 is 0 Å².